The summed E-state index contributed by atoms with van der Waals surface area (Å²) in [7, 11) is 0. The van der Waals surface area contributed by atoms with Gasteiger partial charge in [-0.1, -0.05) is 34.1 Å². The Bertz CT molecular complexity index is 971. The van der Waals surface area contributed by atoms with Crippen molar-refractivity contribution in [3.8, 4) is 17.3 Å². The number of aryl methyl sites for hydroxylation is 1. The standard InChI is InChI=1S/C19H13BrFN3S/c1-12-2-7-16(21)17(8-12)23-10-14(9-22)19-24-18(11-25-19)13-3-5-15(20)6-4-13/h2-8,10-11,23H,1H3/b14-10+. The Morgan fingerprint density at radius 1 is 1.28 bits per heavy atom. The lowest BCUT2D eigenvalue weighted by Gasteiger charge is -2.04. The number of nitrogens with one attached hydrogen (secondary N) is 1. The molecule has 1 N–H and O–H groups in total. The number of nitrogens with zero attached hydrogens (tertiary/aromatic N) is 2. The molecule has 0 fully saturated rings. The van der Waals surface area contributed by atoms with Crippen molar-refractivity contribution in [2.75, 3.05) is 5.32 Å². The normalized spacial score (nSPS) is 11.2. The molecule has 124 valence electrons. The van der Waals surface area contributed by atoms with E-state index in [2.05, 4.69) is 32.3 Å². The van der Waals surface area contributed by atoms with Crippen LogP contribution >= 0.6 is 27.3 Å². The summed E-state index contributed by atoms with van der Waals surface area (Å²) >= 11 is 4.78. The Balaban J connectivity index is 1.85. The third-order valence-corrected chi connectivity index (χ3v) is 4.89. The van der Waals surface area contributed by atoms with Crippen LogP contribution in [0.5, 0.6) is 0 Å². The van der Waals surface area contributed by atoms with E-state index in [9.17, 15) is 9.65 Å². The Hall–Kier alpha value is -2.49. The molecular weight excluding hydrogens is 401 g/mol. The summed E-state index contributed by atoms with van der Waals surface area (Å²) in [6.45, 7) is 1.88. The van der Waals surface area contributed by atoms with Crippen LogP contribution in [0.25, 0.3) is 16.8 Å². The second-order valence-corrected chi connectivity index (χ2v) is 7.12. The van der Waals surface area contributed by atoms with E-state index in [0.717, 1.165) is 21.3 Å². The van der Waals surface area contributed by atoms with Crippen molar-refractivity contribution in [3.63, 3.8) is 0 Å². The van der Waals surface area contributed by atoms with E-state index in [0.29, 0.717) is 16.3 Å². The first-order valence-electron chi connectivity index (χ1n) is 7.41. The number of thiazole rings is 1. The van der Waals surface area contributed by atoms with E-state index in [-0.39, 0.29) is 5.82 Å². The van der Waals surface area contributed by atoms with Gasteiger partial charge in [0, 0.05) is 21.6 Å². The van der Waals surface area contributed by atoms with Gasteiger partial charge >= 0.3 is 0 Å². The molecule has 2 aromatic carbocycles. The van der Waals surface area contributed by atoms with Gasteiger partial charge in [0.2, 0.25) is 0 Å². The molecule has 0 radical (unpaired) electrons. The zero-order valence-electron chi connectivity index (χ0n) is 13.3. The minimum Gasteiger partial charge on any atom is -0.358 e. The monoisotopic (exact) mass is 413 g/mol. The summed E-state index contributed by atoms with van der Waals surface area (Å²) in [5.41, 5.74) is 3.39. The molecule has 0 aliphatic heterocycles. The molecule has 1 aromatic heterocycles. The molecule has 25 heavy (non-hydrogen) atoms. The Morgan fingerprint density at radius 3 is 2.76 bits per heavy atom. The highest BCUT2D eigenvalue weighted by molar-refractivity contribution is 9.10. The van der Waals surface area contributed by atoms with Gasteiger partial charge in [0.25, 0.3) is 0 Å². The lowest BCUT2D eigenvalue weighted by Crippen LogP contribution is -1.94. The van der Waals surface area contributed by atoms with Gasteiger partial charge in [0.15, 0.2) is 0 Å². The minimum absolute atomic E-state index is 0.331. The highest BCUT2D eigenvalue weighted by Gasteiger charge is 2.09. The van der Waals surface area contributed by atoms with Crippen molar-refractivity contribution in [3.05, 3.63) is 74.9 Å². The molecule has 0 unspecified atom stereocenters. The van der Waals surface area contributed by atoms with Gasteiger partial charge in [0.05, 0.1) is 11.4 Å². The van der Waals surface area contributed by atoms with Crippen LogP contribution in [0.1, 0.15) is 10.6 Å². The fourth-order valence-electron chi connectivity index (χ4n) is 2.19. The van der Waals surface area contributed by atoms with Gasteiger partial charge in [0.1, 0.15) is 22.5 Å². The first-order chi connectivity index (χ1) is 12.1. The molecule has 3 nitrogen and oxygen atoms in total. The van der Waals surface area contributed by atoms with Crippen molar-refractivity contribution in [2.45, 2.75) is 6.92 Å². The van der Waals surface area contributed by atoms with Crippen LogP contribution in [0.4, 0.5) is 10.1 Å². The fourth-order valence-corrected chi connectivity index (χ4v) is 3.25. The molecule has 0 bridgehead atoms. The maximum absolute atomic E-state index is 13.8. The predicted molar refractivity (Wildman–Crippen MR) is 104 cm³/mol. The number of aromatic nitrogens is 1. The molecule has 0 amide bonds. The first kappa shape index (κ1) is 17.3. The van der Waals surface area contributed by atoms with Gasteiger partial charge in [-0.15, -0.1) is 11.3 Å². The van der Waals surface area contributed by atoms with Crippen LogP contribution < -0.4 is 5.32 Å². The predicted octanol–water partition coefficient (Wildman–Crippen LogP) is 6.00. The number of hydrogen-bond acceptors (Lipinski definition) is 4. The van der Waals surface area contributed by atoms with Crippen LogP contribution in [-0.4, -0.2) is 4.98 Å². The number of halogens is 2. The van der Waals surface area contributed by atoms with Crippen molar-refractivity contribution in [1.29, 1.82) is 5.26 Å². The zero-order valence-corrected chi connectivity index (χ0v) is 15.7. The van der Waals surface area contributed by atoms with Gasteiger partial charge in [-0.05, 0) is 36.8 Å². The number of benzene rings is 2. The average molecular weight is 414 g/mol. The van der Waals surface area contributed by atoms with Crippen LogP contribution in [0.2, 0.25) is 0 Å². The maximum Gasteiger partial charge on any atom is 0.146 e. The Kier molecular flexibility index (Phi) is 5.27. The quantitative estimate of drug-likeness (QED) is 0.533. The molecule has 1 heterocycles. The summed E-state index contributed by atoms with van der Waals surface area (Å²) in [6, 6.07) is 14.7. The van der Waals surface area contributed by atoms with Gasteiger partial charge in [-0.2, -0.15) is 5.26 Å². The van der Waals surface area contributed by atoms with Gasteiger partial charge in [-0.25, -0.2) is 9.37 Å². The second kappa shape index (κ2) is 7.60. The topological polar surface area (TPSA) is 48.7 Å². The molecule has 0 aliphatic rings. The Labute approximate surface area is 157 Å². The molecule has 0 aliphatic carbocycles. The van der Waals surface area contributed by atoms with Crippen LogP contribution in [0.3, 0.4) is 0 Å². The van der Waals surface area contributed by atoms with E-state index in [1.807, 2.05) is 36.6 Å². The molecular formula is C19H13BrFN3S. The van der Waals surface area contributed by atoms with Crippen LogP contribution in [-0.2, 0) is 0 Å². The highest BCUT2D eigenvalue weighted by atomic mass is 79.9. The molecule has 3 rings (SSSR count). The first-order valence-corrected chi connectivity index (χ1v) is 9.09. The Morgan fingerprint density at radius 2 is 2.04 bits per heavy atom. The third kappa shape index (κ3) is 4.13. The number of nitriles is 1. The lowest BCUT2D eigenvalue weighted by molar-refractivity contribution is 0.631. The van der Waals surface area contributed by atoms with E-state index in [1.165, 1.54) is 23.6 Å². The molecule has 0 atom stereocenters. The molecule has 0 spiro atoms. The minimum atomic E-state index is -0.367. The lowest BCUT2D eigenvalue weighted by atomic mass is 10.2. The van der Waals surface area contributed by atoms with Crippen molar-refractivity contribution < 1.29 is 4.39 Å². The second-order valence-electron chi connectivity index (χ2n) is 5.34. The largest absolute Gasteiger partial charge is 0.358 e. The average Bonchev–Trinajstić information content (AvgIpc) is 3.09. The van der Waals surface area contributed by atoms with E-state index >= 15 is 0 Å². The summed E-state index contributed by atoms with van der Waals surface area (Å²) in [4.78, 5) is 4.51. The number of anilines is 1. The fraction of sp³-hybridized carbons (Fsp3) is 0.0526. The van der Waals surface area contributed by atoms with Gasteiger partial charge in [-0.3, -0.25) is 0 Å². The molecule has 0 saturated carbocycles. The molecule has 0 saturated heterocycles. The summed E-state index contributed by atoms with van der Waals surface area (Å²) in [5, 5.41) is 14.8. The SMILES string of the molecule is Cc1ccc(F)c(N/C=C(\C#N)c2nc(-c3ccc(Br)cc3)cs2)c1. The van der Waals surface area contributed by atoms with E-state index in [1.54, 1.807) is 12.1 Å². The third-order valence-electron chi connectivity index (χ3n) is 3.49. The van der Waals surface area contributed by atoms with Gasteiger partial charge < -0.3 is 5.32 Å². The molecule has 6 heteroatoms. The summed E-state index contributed by atoms with van der Waals surface area (Å²) in [5.74, 6) is -0.367. The number of hydrogen-bond donors (Lipinski definition) is 1. The van der Waals surface area contributed by atoms with E-state index in [4.69, 9.17) is 0 Å². The summed E-state index contributed by atoms with van der Waals surface area (Å²) < 4.78 is 14.8. The smallest absolute Gasteiger partial charge is 0.146 e. The highest BCUT2D eigenvalue weighted by Crippen LogP contribution is 2.27. The van der Waals surface area contributed by atoms with Crippen molar-refractivity contribution in [1.82, 2.24) is 4.98 Å². The molecule has 3 aromatic rings. The van der Waals surface area contributed by atoms with Crippen LogP contribution in [0, 0.1) is 24.1 Å². The number of rotatable bonds is 4. The van der Waals surface area contributed by atoms with Crippen molar-refractivity contribution >= 4 is 38.5 Å². The van der Waals surface area contributed by atoms with Crippen molar-refractivity contribution in [2.24, 2.45) is 0 Å². The number of allylic oxidation sites excluding steroid dienone is 1. The zero-order chi connectivity index (χ0) is 17.8. The summed E-state index contributed by atoms with van der Waals surface area (Å²) in [6.07, 6.45) is 1.49. The van der Waals surface area contributed by atoms with Crippen LogP contribution in [0.15, 0.2) is 58.5 Å². The van der Waals surface area contributed by atoms with E-state index < -0.39 is 0 Å². The maximum atomic E-state index is 13.8.